The monoisotopic (exact) mass is 440 g/mol. The Morgan fingerprint density at radius 3 is 2.36 bits per heavy atom. The summed E-state index contributed by atoms with van der Waals surface area (Å²) in [5, 5.41) is 9.87. The van der Waals surface area contributed by atoms with Crippen molar-refractivity contribution in [1.82, 2.24) is 20.5 Å². The quantitative estimate of drug-likeness (QED) is 0.419. The molecule has 166 valence electrons. The van der Waals surface area contributed by atoms with E-state index in [1.165, 1.54) is 0 Å². The van der Waals surface area contributed by atoms with Crippen molar-refractivity contribution in [3.05, 3.63) is 100 Å². The van der Waals surface area contributed by atoms with Crippen molar-refractivity contribution in [2.24, 2.45) is 0 Å². The van der Waals surface area contributed by atoms with Crippen molar-refractivity contribution < 1.29 is 14.3 Å². The average Bonchev–Trinajstić information content (AvgIpc) is 3.33. The zero-order valence-corrected chi connectivity index (χ0v) is 18.7. The first kappa shape index (κ1) is 22.0. The number of nitrogens with zero attached hydrogens (tertiary/aromatic N) is 2. The summed E-state index contributed by atoms with van der Waals surface area (Å²) in [6.07, 6.45) is 0. The molecule has 1 heterocycles. The molecule has 0 fully saturated rings. The first-order valence-electron chi connectivity index (χ1n) is 10.5. The molecule has 0 spiro atoms. The van der Waals surface area contributed by atoms with Crippen LogP contribution in [0.2, 0.25) is 0 Å². The number of aryl methyl sites for hydroxylation is 2. The Morgan fingerprint density at radius 1 is 0.939 bits per heavy atom. The van der Waals surface area contributed by atoms with E-state index < -0.39 is 0 Å². The van der Waals surface area contributed by atoms with Gasteiger partial charge in [0, 0.05) is 16.7 Å². The number of hydrogen-bond donors (Lipinski definition) is 2. The van der Waals surface area contributed by atoms with Gasteiger partial charge in [0.15, 0.2) is 11.6 Å². The summed E-state index contributed by atoms with van der Waals surface area (Å²) in [5.74, 6) is 1.23. The van der Waals surface area contributed by atoms with Crippen LogP contribution in [-0.2, 0) is 6.54 Å². The largest absolute Gasteiger partial charge is 0.497 e. The van der Waals surface area contributed by atoms with Crippen LogP contribution < -0.4 is 10.1 Å². The maximum absolute atomic E-state index is 13.1. The van der Waals surface area contributed by atoms with Gasteiger partial charge in [-0.2, -0.15) is 5.10 Å². The fourth-order valence-electron chi connectivity index (χ4n) is 3.42. The van der Waals surface area contributed by atoms with Gasteiger partial charge < -0.3 is 10.1 Å². The van der Waals surface area contributed by atoms with Crippen molar-refractivity contribution in [3.8, 4) is 17.1 Å². The molecule has 1 aromatic heterocycles. The fraction of sp³-hybridized carbons (Fsp3) is 0.154. The van der Waals surface area contributed by atoms with E-state index in [-0.39, 0.29) is 18.2 Å². The minimum Gasteiger partial charge on any atom is -0.497 e. The number of rotatable bonds is 7. The predicted octanol–water partition coefficient (Wildman–Crippen LogP) is 4.26. The number of carbonyl (C=O) groups is 2. The number of amides is 1. The molecule has 3 aromatic carbocycles. The number of ketones is 1. The van der Waals surface area contributed by atoms with Crippen LogP contribution in [0.5, 0.6) is 5.75 Å². The van der Waals surface area contributed by atoms with Gasteiger partial charge >= 0.3 is 0 Å². The molecule has 33 heavy (non-hydrogen) atoms. The number of H-pyrrole nitrogens is 1. The molecule has 0 atom stereocenters. The van der Waals surface area contributed by atoms with Crippen LogP contribution in [-0.4, -0.2) is 34.0 Å². The number of nitrogens with one attached hydrogen (secondary N) is 2. The average molecular weight is 441 g/mol. The van der Waals surface area contributed by atoms with Crippen LogP contribution in [0.4, 0.5) is 0 Å². The normalized spacial score (nSPS) is 10.6. The van der Waals surface area contributed by atoms with E-state index in [2.05, 4.69) is 20.5 Å². The third kappa shape index (κ3) is 4.82. The van der Waals surface area contributed by atoms with E-state index >= 15 is 0 Å². The maximum Gasteiger partial charge on any atom is 0.252 e. The molecule has 4 aromatic rings. The maximum atomic E-state index is 13.1. The third-order valence-electron chi connectivity index (χ3n) is 5.48. The number of aromatic nitrogens is 3. The predicted molar refractivity (Wildman–Crippen MR) is 125 cm³/mol. The molecule has 0 aliphatic carbocycles. The second kappa shape index (κ2) is 9.48. The van der Waals surface area contributed by atoms with Gasteiger partial charge in [-0.25, -0.2) is 4.98 Å². The van der Waals surface area contributed by atoms with Crippen molar-refractivity contribution in [2.45, 2.75) is 20.4 Å². The number of aromatic amines is 1. The number of benzene rings is 3. The standard InChI is InChI=1S/C26H24N4O3/c1-16-8-9-19(14-17(16)2)24(31)21-6-4-5-7-22(21)26(32)27-15-23-28-25(30-29-23)18-10-12-20(33-3)13-11-18/h4-14H,15H2,1-3H3,(H,27,32)(H,28,29,30). The summed E-state index contributed by atoms with van der Waals surface area (Å²) < 4.78 is 5.16. The van der Waals surface area contributed by atoms with E-state index in [0.29, 0.717) is 28.3 Å². The van der Waals surface area contributed by atoms with Gasteiger partial charge in [-0.1, -0.05) is 30.3 Å². The van der Waals surface area contributed by atoms with Gasteiger partial charge in [-0.3, -0.25) is 14.7 Å². The molecule has 1 amide bonds. The van der Waals surface area contributed by atoms with E-state index in [9.17, 15) is 9.59 Å². The lowest BCUT2D eigenvalue weighted by Gasteiger charge is -2.10. The van der Waals surface area contributed by atoms with Gasteiger partial charge in [0.25, 0.3) is 5.91 Å². The lowest BCUT2D eigenvalue weighted by atomic mass is 9.95. The molecule has 7 nitrogen and oxygen atoms in total. The van der Waals surface area contributed by atoms with E-state index in [1.54, 1.807) is 37.4 Å². The van der Waals surface area contributed by atoms with Crippen LogP contribution in [0.15, 0.2) is 66.7 Å². The van der Waals surface area contributed by atoms with Crippen LogP contribution in [0, 0.1) is 13.8 Å². The van der Waals surface area contributed by atoms with Gasteiger partial charge in [0.1, 0.15) is 11.6 Å². The van der Waals surface area contributed by atoms with Crippen molar-refractivity contribution >= 4 is 11.7 Å². The van der Waals surface area contributed by atoms with Crippen LogP contribution in [0.25, 0.3) is 11.4 Å². The Balaban J connectivity index is 1.48. The number of carbonyl (C=O) groups excluding carboxylic acids is 2. The number of ether oxygens (including phenoxy) is 1. The molecular formula is C26H24N4O3. The molecule has 0 bridgehead atoms. The highest BCUT2D eigenvalue weighted by molar-refractivity contribution is 6.15. The van der Waals surface area contributed by atoms with Crippen LogP contribution in [0.1, 0.15) is 43.2 Å². The summed E-state index contributed by atoms with van der Waals surface area (Å²) >= 11 is 0. The smallest absolute Gasteiger partial charge is 0.252 e. The Kier molecular flexibility index (Phi) is 6.31. The molecule has 7 heteroatoms. The molecule has 0 aliphatic heterocycles. The van der Waals surface area contributed by atoms with Crippen molar-refractivity contribution in [2.75, 3.05) is 7.11 Å². The molecule has 0 aliphatic rings. The SMILES string of the molecule is COc1ccc(-c2n[nH]c(CNC(=O)c3ccccc3C(=O)c3ccc(C)c(C)c3)n2)cc1. The highest BCUT2D eigenvalue weighted by Gasteiger charge is 2.19. The molecule has 2 N–H and O–H groups in total. The summed E-state index contributed by atoms with van der Waals surface area (Å²) in [4.78, 5) is 30.4. The minimum atomic E-state index is -0.356. The molecular weight excluding hydrogens is 416 g/mol. The molecule has 0 saturated heterocycles. The minimum absolute atomic E-state index is 0.147. The topological polar surface area (TPSA) is 97.0 Å². The second-order valence-electron chi connectivity index (χ2n) is 7.69. The molecule has 4 rings (SSSR count). The van der Waals surface area contributed by atoms with Gasteiger partial charge in [-0.05, 0) is 61.4 Å². The fourth-order valence-corrected chi connectivity index (χ4v) is 3.42. The zero-order valence-electron chi connectivity index (χ0n) is 18.7. The summed E-state index contributed by atoms with van der Waals surface area (Å²) in [6, 6.07) is 19.7. The summed E-state index contributed by atoms with van der Waals surface area (Å²) in [5.41, 5.74) is 4.19. The summed E-state index contributed by atoms with van der Waals surface area (Å²) in [6.45, 7) is 4.10. The van der Waals surface area contributed by atoms with Crippen LogP contribution in [0.3, 0.4) is 0 Å². The lowest BCUT2D eigenvalue weighted by molar-refractivity contribution is 0.0939. The third-order valence-corrected chi connectivity index (χ3v) is 5.48. The molecule has 0 radical (unpaired) electrons. The van der Waals surface area contributed by atoms with Gasteiger partial charge in [0.05, 0.1) is 19.2 Å². The zero-order chi connectivity index (χ0) is 23.4. The van der Waals surface area contributed by atoms with E-state index in [1.807, 2.05) is 50.2 Å². The lowest BCUT2D eigenvalue weighted by Crippen LogP contribution is -2.25. The Labute approximate surface area is 191 Å². The Morgan fingerprint density at radius 2 is 1.67 bits per heavy atom. The van der Waals surface area contributed by atoms with Crippen molar-refractivity contribution in [3.63, 3.8) is 0 Å². The first-order valence-corrected chi connectivity index (χ1v) is 10.5. The number of hydrogen-bond acceptors (Lipinski definition) is 5. The summed E-state index contributed by atoms with van der Waals surface area (Å²) in [7, 11) is 1.61. The van der Waals surface area contributed by atoms with E-state index in [0.717, 1.165) is 22.4 Å². The van der Waals surface area contributed by atoms with Gasteiger partial charge in [-0.15, -0.1) is 0 Å². The molecule has 0 saturated carbocycles. The Hall–Kier alpha value is -4.26. The van der Waals surface area contributed by atoms with Crippen LogP contribution >= 0.6 is 0 Å². The highest BCUT2D eigenvalue weighted by atomic mass is 16.5. The first-order chi connectivity index (χ1) is 16.0. The van der Waals surface area contributed by atoms with Gasteiger partial charge in [0.2, 0.25) is 0 Å². The molecule has 0 unspecified atom stereocenters. The van der Waals surface area contributed by atoms with E-state index in [4.69, 9.17) is 4.74 Å². The van der Waals surface area contributed by atoms with Crippen molar-refractivity contribution in [1.29, 1.82) is 0 Å². The second-order valence-corrected chi connectivity index (χ2v) is 7.69. The number of methoxy groups -OCH3 is 1. The highest BCUT2D eigenvalue weighted by Crippen LogP contribution is 2.20. The Bertz CT molecular complexity index is 1310.